The number of hydrogen-bond donors (Lipinski definition) is 2. The fraction of sp³-hybridized carbons (Fsp3) is 0.462. The molecule has 1 aromatic rings. The van der Waals surface area contributed by atoms with Crippen LogP contribution < -0.4 is 10.6 Å². The van der Waals surface area contributed by atoms with Crippen LogP contribution in [0.5, 0.6) is 0 Å². The third-order valence-electron chi connectivity index (χ3n) is 3.16. The molecule has 1 aliphatic rings. The number of nitrogens with one attached hydrogen (secondary N) is 2. The summed E-state index contributed by atoms with van der Waals surface area (Å²) in [4.78, 5) is 11.8. The minimum absolute atomic E-state index is 0. The molecule has 0 aromatic heterocycles. The van der Waals surface area contributed by atoms with Gasteiger partial charge >= 0.3 is 6.18 Å². The molecule has 1 atom stereocenters. The summed E-state index contributed by atoms with van der Waals surface area (Å²) in [5.41, 5.74) is -1.49. The summed E-state index contributed by atoms with van der Waals surface area (Å²) in [7, 11) is 0. The predicted molar refractivity (Wildman–Crippen MR) is 72.0 cm³/mol. The first-order valence-electron chi connectivity index (χ1n) is 6.25. The Labute approximate surface area is 125 Å². The van der Waals surface area contributed by atoms with Gasteiger partial charge in [0.2, 0.25) is 0 Å². The summed E-state index contributed by atoms with van der Waals surface area (Å²) < 4.78 is 50.8. The number of amides is 1. The number of carbonyl (C=O) groups excluding carboxylic acids is 1. The van der Waals surface area contributed by atoms with Crippen LogP contribution >= 0.6 is 12.4 Å². The summed E-state index contributed by atoms with van der Waals surface area (Å²) in [6, 6.07) is 1.94. The number of rotatable bonds is 3. The lowest BCUT2D eigenvalue weighted by atomic mass is 10.1. The Hall–Kier alpha value is -1.34. The van der Waals surface area contributed by atoms with Gasteiger partial charge in [0.15, 0.2) is 0 Å². The van der Waals surface area contributed by atoms with Crippen LogP contribution in [-0.2, 0) is 6.18 Å². The van der Waals surface area contributed by atoms with Crippen LogP contribution in [0.3, 0.4) is 0 Å². The van der Waals surface area contributed by atoms with Crippen LogP contribution in [0, 0.1) is 5.82 Å². The normalized spacial score (nSPS) is 18.2. The van der Waals surface area contributed by atoms with Gasteiger partial charge in [-0.05, 0) is 37.6 Å². The summed E-state index contributed by atoms with van der Waals surface area (Å²) in [6.45, 7) is 1.18. The average molecular weight is 327 g/mol. The van der Waals surface area contributed by atoms with Gasteiger partial charge in [-0.15, -0.1) is 12.4 Å². The van der Waals surface area contributed by atoms with E-state index in [1.165, 1.54) is 0 Å². The monoisotopic (exact) mass is 326 g/mol. The molecule has 3 nitrogen and oxygen atoms in total. The van der Waals surface area contributed by atoms with E-state index in [0.717, 1.165) is 25.5 Å². The zero-order chi connectivity index (χ0) is 14.8. The van der Waals surface area contributed by atoms with Crippen molar-refractivity contribution in [2.24, 2.45) is 0 Å². The molecule has 1 saturated heterocycles. The fourth-order valence-corrected chi connectivity index (χ4v) is 2.13. The SMILES string of the molecule is Cl.O=C(NCC1CCCN1)c1cc(F)cc(C(F)(F)F)c1. The first kappa shape index (κ1) is 17.7. The predicted octanol–water partition coefficient (Wildman–Crippen LogP) is 2.75. The van der Waals surface area contributed by atoms with E-state index < -0.39 is 23.5 Å². The molecule has 0 saturated carbocycles. The zero-order valence-electron chi connectivity index (χ0n) is 11.0. The molecule has 0 radical (unpaired) electrons. The molecule has 1 aliphatic heterocycles. The standard InChI is InChI=1S/C13H14F4N2O.ClH/c14-10-5-8(4-9(6-10)13(15,16)17)12(20)19-7-11-2-1-3-18-11;/h4-6,11,18H,1-3,7H2,(H,19,20);1H. The van der Waals surface area contributed by atoms with E-state index in [1.807, 2.05) is 0 Å². The average Bonchev–Trinajstić information content (AvgIpc) is 2.87. The highest BCUT2D eigenvalue weighted by molar-refractivity contribution is 5.94. The maximum atomic E-state index is 13.2. The maximum Gasteiger partial charge on any atom is 0.416 e. The summed E-state index contributed by atoms with van der Waals surface area (Å²) in [6.07, 6.45) is -2.78. The van der Waals surface area contributed by atoms with Crippen molar-refractivity contribution in [3.8, 4) is 0 Å². The van der Waals surface area contributed by atoms with Crippen molar-refractivity contribution in [2.45, 2.75) is 25.1 Å². The topological polar surface area (TPSA) is 41.1 Å². The lowest BCUT2D eigenvalue weighted by molar-refractivity contribution is -0.137. The van der Waals surface area contributed by atoms with Crippen molar-refractivity contribution in [1.82, 2.24) is 10.6 Å². The largest absolute Gasteiger partial charge is 0.416 e. The molecule has 1 fully saturated rings. The number of benzene rings is 1. The second-order valence-corrected chi connectivity index (χ2v) is 4.73. The molecule has 118 valence electrons. The second-order valence-electron chi connectivity index (χ2n) is 4.73. The molecule has 8 heteroatoms. The van der Waals surface area contributed by atoms with Gasteiger partial charge in [-0.2, -0.15) is 13.2 Å². The Morgan fingerprint density at radius 3 is 2.62 bits per heavy atom. The first-order chi connectivity index (χ1) is 9.36. The van der Waals surface area contributed by atoms with E-state index >= 15 is 0 Å². The van der Waals surface area contributed by atoms with Crippen LogP contribution in [0.1, 0.15) is 28.8 Å². The van der Waals surface area contributed by atoms with Crippen molar-refractivity contribution in [1.29, 1.82) is 0 Å². The lowest BCUT2D eigenvalue weighted by Crippen LogP contribution is -2.37. The molecule has 0 bridgehead atoms. The van der Waals surface area contributed by atoms with Gasteiger partial charge in [-0.1, -0.05) is 0 Å². The van der Waals surface area contributed by atoms with Gasteiger partial charge in [0.05, 0.1) is 5.56 Å². The maximum absolute atomic E-state index is 13.2. The first-order valence-corrected chi connectivity index (χ1v) is 6.25. The van der Waals surface area contributed by atoms with Gasteiger partial charge in [0.1, 0.15) is 5.82 Å². The quantitative estimate of drug-likeness (QED) is 0.839. The van der Waals surface area contributed by atoms with Crippen LogP contribution in [0.4, 0.5) is 17.6 Å². The van der Waals surface area contributed by atoms with Crippen molar-refractivity contribution < 1.29 is 22.4 Å². The van der Waals surface area contributed by atoms with Gasteiger partial charge in [0, 0.05) is 18.2 Å². The highest BCUT2D eigenvalue weighted by atomic mass is 35.5. The Balaban J connectivity index is 0.00000220. The molecule has 0 aliphatic carbocycles. The van der Waals surface area contributed by atoms with Crippen LogP contribution in [0.15, 0.2) is 18.2 Å². The summed E-state index contributed by atoms with van der Waals surface area (Å²) >= 11 is 0. The van der Waals surface area contributed by atoms with Crippen LogP contribution in [0.25, 0.3) is 0 Å². The van der Waals surface area contributed by atoms with Crippen molar-refractivity contribution in [2.75, 3.05) is 13.1 Å². The number of halogens is 5. The molecule has 0 spiro atoms. The van der Waals surface area contributed by atoms with E-state index in [1.54, 1.807) is 0 Å². The van der Waals surface area contributed by atoms with Crippen LogP contribution in [-0.4, -0.2) is 25.0 Å². The third kappa shape index (κ3) is 4.86. The molecule has 2 rings (SSSR count). The minimum Gasteiger partial charge on any atom is -0.350 e. The molecular weight excluding hydrogens is 312 g/mol. The van der Waals surface area contributed by atoms with E-state index in [-0.39, 0.29) is 24.0 Å². The minimum atomic E-state index is -4.68. The molecular formula is C13H15ClF4N2O. The lowest BCUT2D eigenvalue weighted by Gasteiger charge is -2.13. The van der Waals surface area contributed by atoms with Crippen molar-refractivity contribution in [3.63, 3.8) is 0 Å². The Morgan fingerprint density at radius 1 is 1.33 bits per heavy atom. The Morgan fingerprint density at radius 2 is 2.05 bits per heavy atom. The van der Waals surface area contributed by atoms with E-state index in [9.17, 15) is 22.4 Å². The van der Waals surface area contributed by atoms with Gasteiger partial charge in [0.25, 0.3) is 5.91 Å². The molecule has 1 aromatic carbocycles. The van der Waals surface area contributed by atoms with Crippen molar-refractivity contribution in [3.05, 3.63) is 35.1 Å². The molecule has 1 amide bonds. The second kappa shape index (κ2) is 7.09. The summed E-state index contributed by atoms with van der Waals surface area (Å²) in [5.74, 6) is -1.78. The van der Waals surface area contributed by atoms with E-state index in [4.69, 9.17) is 0 Å². The Kier molecular flexibility index (Phi) is 5.98. The zero-order valence-corrected chi connectivity index (χ0v) is 11.8. The van der Waals surface area contributed by atoms with Crippen LogP contribution in [0.2, 0.25) is 0 Å². The Bertz CT molecular complexity index is 501. The highest BCUT2D eigenvalue weighted by Crippen LogP contribution is 2.30. The van der Waals surface area contributed by atoms with Gasteiger partial charge in [-0.3, -0.25) is 4.79 Å². The molecule has 21 heavy (non-hydrogen) atoms. The van der Waals surface area contributed by atoms with Gasteiger partial charge < -0.3 is 10.6 Å². The number of carbonyl (C=O) groups is 1. The molecule has 1 heterocycles. The fourth-order valence-electron chi connectivity index (χ4n) is 2.13. The third-order valence-corrected chi connectivity index (χ3v) is 3.16. The van der Waals surface area contributed by atoms with Gasteiger partial charge in [-0.25, -0.2) is 4.39 Å². The molecule has 1 unspecified atom stereocenters. The number of hydrogen-bond acceptors (Lipinski definition) is 2. The van der Waals surface area contributed by atoms with E-state index in [0.29, 0.717) is 18.7 Å². The molecule has 2 N–H and O–H groups in total. The van der Waals surface area contributed by atoms with Crippen molar-refractivity contribution >= 4 is 18.3 Å². The smallest absolute Gasteiger partial charge is 0.350 e. The summed E-state index contributed by atoms with van der Waals surface area (Å²) in [5, 5.41) is 5.65. The highest BCUT2D eigenvalue weighted by Gasteiger charge is 2.32. The number of alkyl halides is 3. The van der Waals surface area contributed by atoms with E-state index in [2.05, 4.69) is 10.6 Å².